The van der Waals surface area contributed by atoms with Gasteiger partial charge in [-0.2, -0.15) is 0 Å². The highest BCUT2D eigenvalue weighted by molar-refractivity contribution is 6.20. The molecule has 7 nitrogen and oxygen atoms in total. The van der Waals surface area contributed by atoms with Crippen LogP contribution < -0.4 is 10.2 Å². The van der Waals surface area contributed by atoms with Gasteiger partial charge in [0.25, 0.3) is 0 Å². The van der Waals surface area contributed by atoms with Gasteiger partial charge in [0, 0.05) is 18.4 Å². The first-order valence-electron chi connectivity index (χ1n) is 14.3. The molecule has 3 atom stereocenters. The molecule has 0 bridgehead atoms. The fraction of sp³-hybridized carbons (Fsp3) is 0.294. The van der Waals surface area contributed by atoms with Crippen molar-refractivity contribution in [2.24, 2.45) is 11.3 Å². The van der Waals surface area contributed by atoms with Crippen molar-refractivity contribution < 1.29 is 14.4 Å². The first-order valence-corrected chi connectivity index (χ1v) is 14.3. The summed E-state index contributed by atoms with van der Waals surface area (Å²) in [6, 6.07) is 27.0. The molecule has 0 aliphatic carbocycles. The highest BCUT2D eigenvalue weighted by atomic mass is 16.2. The minimum absolute atomic E-state index is 0.114. The molecule has 0 radical (unpaired) electrons. The fourth-order valence-electron chi connectivity index (χ4n) is 7.08. The molecule has 2 fully saturated rings. The summed E-state index contributed by atoms with van der Waals surface area (Å²) in [7, 11) is 0. The maximum absolute atomic E-state index is 14.6. The van der Waals surface area contributed by atoms with Gasteiger partial charge in [0.05, 0.1) is 18.1 Å². The molecule has 3 aromatic carbocycles. The molecule has 7 heteroatoms. The lowest BCUT2D eigenvalue weighted by atomic mass is 9.64. The molecule has 1 N–H and O–H groups in total. The highest BCUT2D eigenvalue weighted by Crippen LogP contribution is 2.49. The Morgan fingerprint density at radius 3 is 2.41 bits per heavy atom. The summed E-state index contributed by atoms with van der Waals surface area (Å²) in [6.07, 6.45) is 2.67. The maximum Gasteiger partial charge on any atom is 0.331 e. The van der Waals surface area contributed by atoms with E-state index in [4.69, 9.17) is 4.98 Å². The molecular weight excluding hydrogens is 512 g/mol. The number of aryl methyl sites for hydroxylation is 1. The van der Waals surface area contributed by atoms with Crippen LogP contribution in [0.15, 0.2) is 84.9 Å². The molecular formula is C34H32N4O3. The molecule has 1 aromatic heterocycles. The number of hydrogen-bond acceptors (Lipinski definition) is 5. The molecule has 4 aromatic rings. The number of pyridine rings is 1. The summed E-state index contributed by atoms with van der Waals surface area (Å²) < 4.78 is 0. The van der Waals surface area contributed by atoms with Crippen molar-refractivity contribution in [3.8, 4) is 0 Å². The van der Waals surface area contributed by atoms with E-state index in [9.17, 15) is 14.4 Å². The topological polar surface area (TPSA) is 82.6 Å². The number of aromatic nitrogens is 1. The minimum Gasteiger partial charge on any atom is -0.352 e. The average Bonchev–Trinajstić information content (AvgIpc) is 2.98. The number of piperidine rings is 1. The zero-order valence-electron chi connectivity index (χ0n) is 23.0. The third-order valence-corrected chi connectivity index (χ3v) is 9.10. The van der Waals surface area contributed by atoms with Crippen LogP contribution >= 0.6 is 0 Å². The van der Waals surface area contributed by atoms with Crippen molar-refractivity contribution in [3.63, 3.8) is 0 Å². The zero-order valence-corrected chi connectivity index (χ0v) is 23.0. The number of hydrogen-bond donors (Lipinski definition) is 1. The van der Waals surface area contributed by atoms with Gasteiger partial charge in [-0.1, -0.05) is 72.3 Å². The van der Waals surface area contributed by atoms with E-state index in [1.54, 1.807) is 0 Å². The number of benzene rings is 3. The standard InChI is InChI=1S/C34H32N4O3/c1-22-12-13-28-26(16-22)19-27-20-34(31(39)36-33(41)38(32(34)40)21-24-10-6-3-7-11-24)29-18-25(14-15-37(29)30(27)35-28)17-23-8-4-2-5-9-23/h2-13,16,19,25,29H,14-15,17-18,20-21H2,1H3,(H,36,39,41)/t25-,29-,34+/m0/s1. The summed E-state index contributed by atoms with van der Waals surface area (Å²) >= 11 is 0. The summed E-state index contributed by atoms with van der Waals surface area (Å²) in [5.41, 5.74) is 3.55. The van der Waals surface area contributed by atoms with E-state index < -0.39 is 29.3 Å². The van der Waals surface area contributed by atoms with Crippen molar-refractivity contribution in [3.05, 3.63) is 107 Å². The third-order valence-electron chi connectivity index (χ3n) is 9.10. The van der Waals surface area contributed by atoms with E-state index in [2.05, 4.69) is 40.5 Å². The number of barbiturate groups is 1. The van der Waals surface area contributed by atoms with E-state index in [0.717, 1.165) is 46.3 Å². The second kappa shape index (κ2) is 9.84. The highest BCUT2D eigenvalue weighted by Gasteiger charge is 2.63. The maximum atomic E-state index is 14.6. The first-order chi connectivity index (χ1) is 19.9. The molecule has 3 aliphatic heterocycles. The monoisotopic (exact) mass is 544 g/mol. The molecule has 2 saturated heterocycles. The predicted octanol–water partition coefficient (Wildman–Crippen LogP) is 5.19. The van der Waals surface area contributed by atoms with E-state index in [-0.39, 0.29) is 13.0 Å². The Morgan fingerprint density at radius 1 is 0.927 bits per heavy atom. The molecule has 0 unspecified atom stereocenters. The van der Waals surface area contributed by atoms with Gasteiger partial charge in [0.2, 0.25) is 11.8 Å². The van der Waals surface area contributed by atoms with Crippen molar-refractivity contribution in [1.82, 2.24) is 15.2 Å². The number of carbonyl (C=O) groups excluding carboxylic acids is 3. The lowest BCUT2D eigenvalue weighted by Crippen LogP contribution is -2.73. The normalized spacial score (nSPS) is 23.9. The van der Waals surface area contributed by atoms with Crippen molar-refractivity contribution >= 4 is 34.6 Å². The van der Waals surface area contributed by atoms with Gasteiger partial charge in [-0.3, -0.25) is 19.8 Å². The van der Waals surface area contributed by atoms with Crippen LogP contribution in [0.25, 0.3) is 10.9 Å². The second-order valence-corrected chi connectivity index (χ2v) is 11.7. The quantitative estimate of drug-likeness (QED) is 0.358. The van der Waals surface area contributed by atoms with Gasteiger partial charge in [-0.25, -0.2) is 9.78 Å². The first kappa shape index (κ1) is 25.4. The lowest BCUT2D eigenvalue weighted by molar-refractivity contribution is -0.154. The number of nitrogens with zero attached hydrogens (tertiary/aromatic N) is 3. The SMILES string of the molecule is Cc1ccc2nc3c(cc2c1)C[C@]1(C(=O)NC(=O)N(Cc2ccccc2)C1=O)[C@@H]1C[C@H](Cc2ccccc2)CCN31. The predicted molar refractivity (Wildman–Crippen MR) is 157 cm³/mol. The van der Waals surface area contributed by atoms with Crippen molar-refractivity contribution in [2.45, 2.75) is 45.2 Å². The Kier molecular flexibility index (Phi) is 6.11. The summed E-state index contributed by atoms with van der Waals surface area (Å²) in [4.78, 5) is 50.2. The van der Waals surface area contributed by atoms with Crippen LogP contribution in [0, 0.1) is 18.3 Å². The molecule has 7 rings (SSSR count). The second-order valence-electron chi connectivity index (χ2n) is 11.7. The summed E-state index contributed by atoms with van der Waals surface area (Å²) in [6.45, 7) is 2.84. The van der Waals surface area contributed by atoms with E-state index >= 15 is 0 Å². The van der Waals surface area contributed by atoms with Gasteiger partial charge >= 0.3 is 6.03 Å². The number of imide groups is 2. The Balaban J connectivity index is 1.33. The number of nitrogens with one attached hydrogen (secondary N) is 1. The van der Waals surface area contributed by atoms with Gasteiger partial charge in [0.15, 0.2) is 5.41 Å². The molecule has 1 spiro atoms. The van der Waals surface area contributed by atoms with Crippen LogP contribution in [0.2, 0.25) is 0 Å². The molecule has 41 heavy (non-hydrogen) atoms. The van der Waals surface area contributed by atoms with Gasteiger partial charge < -0.3 is 4.90 Å². The average molecular weight is 545 g/mol. The van der Waals surface area contributed by atoms with E-state index in [1.807, 2.05) is 61.5 Å². The van der Waals surface area contributed by atoms with Crippen LogP contribution in [0.3, 0.4) is 0 Å². The number of fused-ring (bicyclic) bond motifs is 5. The molecule has 206 valence electrons. The van der Waals surface area contributed by atoms with Crippen LogP contribution in [0.5, 0.6) is 0 Å². The van der Waals surface area contributed by atoms with Gasteiger partial charge in [-0.15, -0.1) is 0 Å². The Morgan fingerprint density at radius 2 is 1.66 bits per heavy atom. The summed E-state index contributed by atoms with van der Waals surface area (Å²) in [5.74, 6) is 0.228. The number of anilines is 1. The van der Waals surface area contributed by atoms with Crippen LogP contribution in [0.4, 0.5) is 10.6 Å². The van der Waals surface area contributed by atoms with Crippen molar-refractivity contribution in [1.29, 1.82) is 0 Å². The van der Waals surface area contributed by atoms with Crippen LogP contribution in [-0.4, -0.2) is 40.3 Å². The minimum atomic E-state index is -1.43. The molecule has 4 heterocycles. The Labute approximate surface area is 239 Å². The van der Waals surface area contributed by atoms with Gasteiger partial charge in [-0.05, 0) is 67.0 Å². The largest absolute Gasteiger partial charge is 0.352 e. The number of carbonyl (C=O) groups is 3. The number of amides is 4. The Hall–Kier alpha value is -4.52. The Bertz CT molecular complexity index is 1670. The van der Waals surface area contributed by atoms with Crippen LogP contribution in [-0.2, 0) is 29.0 Å². The van der Waals surface area contributed by atoms with Crippen LogP contribution in [0.1, 0.15) is 35.1 Å². The lowest BCUT2D eigenvalue weighted by Gasteiger charge is -2.54. The number of rotatable bonds is 4. The zero-order chi connectivity index (χ0) is 28.1. The number of urea groups is 1. The molecule has 4 amide bonds. The third kappa shape index (κ3) is 4.27. The smallest absolute Gasteiger partial charge is 0.331 e. The van der Waals surface area contributed by atoms with Gasteiger partial charge in [0.1, 0.15) is 5.82 Å². The molecule has 3 aliphatic rings. The fourth-order valence-corrected chi connectivity index (χ4v) is 7.08. The van der Waals surface area contributed by atoms with Crippen molar-refractivity contribution in [2.75, 3.05) is 11.4 Å². The van der Waals surface area contributed by atoms with E-state index in [1.165, 1.54) is 10.5 Å². The molecule has 0 saturated carbocycles. The van der Waals surface area contributed by atoms with E-state index in [0.29, 0.717) is 18.9 Å². The summed E-state index contributed by atoms with van der Waals surface area (Å²) in [5, 5.41) is 3.58.